The van der Waals surface area contributed by atoms with Crippen LogP contribution in [0.25, 0.3) is 0 Å². The van der Waals surface area contributed by atoms with Crippen LogP contribution in [0.15, 0.2) is 6.07 Å². The molecule has 23 heavy (non-hydrogen) atoms. The van der Waals surface area contributed by atoms with Gasteiger partial charge in [-0.25, -0.2) is 0 Å². The Balaban J connectivity index is 1.38. The molecule has 1 amide bonds. The number of aromatic nitrogens is 2. The highest BCUT2D eigenvalue weighted by molar-refractivity contribution is 5.78. The van der Waals surface area contributed by atoms with E-state index >= 15 is 0 Å². The molecule has 1 aromatic rings. The number of aryl methyl sites for hydroxylation is 2. The number of nitrogens with zero attached hydrogens (tertiary/aromatic N) is 4. The van der Waals surface area contributed by atoms with Gasteiger partial charge in [0.1, 0.15) is 0 Å². The minimum absolute atomic E-state index is 0.173. The largest absolute Gasteiger partial charge is 0.352 e. The van der Waals surface area contributed by atoms with Gasteiger partial charge in [-0.2, -0.15) is 5.10 Å². The Morgan fingerprint density at radius 1 is 1.26 bits per heavy atom. The summed E-state index contributed by atoms with van der Waals surface area (Å²) in [5.74, 6) is 0.173. The van der Waals surface area contributed by atoms with Crippen molar-refractivity contribution in [1.82, 2.24) is 24.9 Å². The quantitative estimate of drug-likeness (QED) is 0.878. The van der Waals surface area contributed by atoms with Gasteiger partial charge in [-0.1, -0.05) is 6.92 Å². The third-order valence-corrected chi connectivity index (χ3v) is 5.10. The normalized spacial score (nSPS) is 21.3. The highest BCUT2D eigenvalue weighted by atomic mass is 16.2. The van der Waals surface area contributed by atoms with Gasteiger partial charge in [-0.3, -0.25) is 14.4 Å². The molecule has 0 unspecified atom stereocenters. The van der Waals surface area contributed by atoms with Crippen molar-refractivity contribution in [3.8, 4) is 0 Å². The Kier molecular flexibility index (Phi) is 5.02. The first-order valence-corrected chi connectivity index (χ1v) is 8.82. The van der Waals surface area contributed by atoms with E-state index in [1.807, 2.05) is 6.92 Å². The van der Waals surface area contributed by atoms with E-state index in [4.69, 9.17) is 0 Å². The molecule has 0 radical (unpaired) electrons. The van der Waals surface area contributed by atoms with Crippen molar-refractivity contribution in [1.29, 1.82) is 0 Å². The number of hydrogen-bond donors (Lipinski definition) is 1. The van der Waals surface area contributed by atoms with Crippen LogP contribution in [-0.2, 0) is 4.79 Å². The molecule has 2 aliphatic heterocycles. The van der Waals surface area contributed by atoms with E-state index in [2.05, 4.69) is 44.8 Å². The molecule has 0 aromatic carbocycles. The van der Waals surface area contributed by atoms with E-state index < -0.39 is 0 Å². The van der Waals surface area contributed by atoms with Crippen molar-refractivity contribution >= 4 is 5.91 Å². The second kappa shape index (κ2) is 7.01. The molecular weight excluding hydrogens is 290 g/mol. The van der Waals surface area contributed by atoms with Crippen molar-refractivity contribution in [2.24, 2.45) is 0 Å². The van der Waals surface area contributed by atoms with E-state index in [9.17, 15) is 4.79 Å². The number of amides is 1. The zero-order chi connectivity index (χ0) is 16.4. The van der Waals surface area contributed by atoms with Crippen LogP contribution in [0.4, 0.5) is 0 Å². The molecule has 3 heterocycles. The van der Waals surface area contributed by atoms with Gasteiger partial charge in [0.15, 0.2) is 0 Å². The fraction of sp³-hybridized carbons (Fsp3) is 0.765. The van der Waals surface area contributed by atoms with Gasteiger partial charge < -0.3 is 10.2 Å². The molecule has 0 bridgehead atoms. The van der Waals surface area contributed by atoms with Crippen molar-refractivity contribution in [2.45, 2.75) is 45.7 Å². The maximum atomic E-state index is 12.2. The van der Waals surface area contributed by atoms with Crippen LogP contribution >= 0.6 is 0 Å². The zero-order valence-corrected chi connectivity index (χ0v) is 14.6. The average molecular weight is 319 g/mol. The minimum atomic E-state index is 0.173. The van der Waals surface area contributed by atoms with Crippen LogP contribution in [0, 0.1) is 13.8 Å². The molecule has 0 saturated carbocycles. The molecule has 6 heteroatoms. The van der Waals surface area contributed by atoms with Gasteiger partial charge in [0.05, 0.1) is 18.3 Å². The standard InChI is InChI=1S/C17H29N5O/c1-4-20-7-5-15(6-8-20)18-17(23)12-21-10-16(11-21)22-14(3)9-13(2)19-22/h9,15-16H,4-8,10-12H2,1-3H3,(H,18,23). The molecule has 1 aromatic heterocycles. The Bertz CT molecular complexity index is 541. The predicted octanol–water partition coefficient (Wildman–Crippen LogP) is 0.957. The molecule has 3 rings (SSSR count). The molecule has 128 valence electrons. The van der Waals surface area contributed by atoms with Gasteiger partial charge in [0.25, 0.3) is 0 Å². The topological polar surface area (TPSA) is 53.4 Å². The molecule has 1 N–H and O–H groups in total. The van der Waals surface area contributed by atoms with Gasteiger partial charge >= 0.3 is 0 Å². The van der Waals surface area contributed by atoms with Crippen molar-refractivity contribution in [3.05, 3.63) is 17.5 Å². The SMILES string of the molecule is CCN1CCC(NC(=O)CN2CC(n3nc(C)cc3C)C2)CC1. The second-order valence-corrected chi connectivity index (χ2v) is 7.00. The van der Waals surface area contributed by atoms with E-state index in [1.165, 1.54) is 5.69 Å². The number of likely N-dealkylation sites (tertiary alicyclic amines) is 2. The molecule has 6 nitrogen and oxygen atoms in total. The third-order valence-electron chi connectivity index (χ3n) is 5.10. The van der Waals surface area contributed by atoms with Crippen LogP contribution in [0.1, 0.15) is 37.2 Å². The van der Waals surface area contributed by atoms with Crippen LogP contribution in [-0.4, -0.2) is 70.8 Å². The molecule has 2 fully saturated rings. The number of nitrogens with one attached hydrogen (secondary N) is 1. The first-order chi connectivity index (χ1) is 11.0. The zero-order valence-electron chi connectivity index (χ0n) is 14.6. The Morgan fingerprint density at radius 2 is 1.96 bits per heavy atom. The maximum Gasteiger partial charge on any atom is 0.234 e. The summed E-state index contributed by atoms with van der Waals surface area (Å²) >= 11 is 0. The number of hydrogen-bond acceptors (Lipinski definition) is 4. The van der Waals surface area contributed by atoms with Crippen molar-refractivity contribution < 1.29 is 4.79 Å². The Hall–Kier alpha value is -1.40. The first-order valence-electron chi connectivity index (χ1n) is 8.82. The molecule has 0 aliphatic carbocycles. The Labute approximate surface area is 138 Å². The summed E-state index contributed by atoms with van der Waals surface area (Å²) in [6, 6.07) is 2.89. The smallest absolute Gasteiger partial charge is 0.234 e. The third kappa shape index (κ3) is 3.93. The van der Waals surface area contributed by atoms with E-state index in [0.29, 0.717) is 18.6 Å². The second-order valence-electron chi connectivity index (χ2n) is 7.00. The lowest BCUT2D eigenvalue weighted by Gasteiger charge is -2.39. The van der Waals surface area contributed by atoms with Crippen LogP contribution in [0.2, 0.25) is 0 Å². The van der Waals surface area contributed by atoms with Gasteiger partial charge in [0, 0.05) is 37.9 Å². The number of carbonyl (C=O) groups excluding carboxylic acids is 1. The van der Waals surface area contributed by atoms with Crippen molar-refractivity contribution in [3.63, 3.8) is 0 Å². The van der Waals surface area contributed by atoms with Crippen molar-refractivity contribution in [2.75, 3.05) is 39.3 Å². The summed E-state index contributed by atoms with van der Waals surface area (Å²) < 4.78 is 2.10. The summed E-state index contributed by atoms with van der Waals surface area (Å²) in [7, 11) is 0. The lowest BCUT2D eigenvalue weighted by atomic mass is 10.0. The van der Waals surface area contributed by atoms with Gasteiger partial charge in [0.2, 0.25) is 5.91 Å². The number of piperidine rings is 1. The minimum Gasteiger partial charge on any atom is -0.352 e. The lowest BCUT2D eigenvalue weighted by Crippen LogP contribution is -2.53. The van der Waals surface area contributed by atoms with Crippen LogP contribution in [0.5, 0.6) is 0 Å². The summed E-state index contributed by atoms with van der Waals surface area (Å²) in [6.45, 7) is 12.0. The lowest BCUT2D eigenvalue weighted by molar-refractivity contribution is -0.124. The summed E-state index contributed by atoms with van der Waals surface area (Å²) in [5, 5.41) is 7.74. The predicted molar refractivity (Wildman–Crippen MR) is 90.5 cm³/mol. The van der Waals surface area contributed by atoms with Crippen LogP contribution < -0.4 is 5.32 Å². The molecule has 2 aliphatic rings. The molecule has 0 spiro atoms. The number of carbonyl (C=O) groups is 1. The maximum absolute atomic E-state index is 12.2. The summed E-state index contributed by atoms with van der Waals surface area (Å²) in [5.41, 5.74) is 2.27. The highest BCUT2D eigenvalue weighted by Gasteiger charge is 2.31. The molecule has 0 atom stereocenters. The van der Waals surface area contributed by atoms with E-state index in [-0.39, 0.29) is 5.91 Å². The summed E-state index contributed by atoms with van der Waals surface area (Å²) in [4.78, 5) is 16.8. The number of rotatable bonds is 5. The monoisotopic (exact) mass is 319 g/mol. The Morgan fingerprint density at radius 3 is 2.52 bits per heavy atom. The molecular formula is C17H29N5O. The first kappa shape index (κ1) is 16.5. The van der Waals surface area contributed by atoms with E-state index in [1.54, 1.807) is 0 Å². The average Bonchev–Trinajstić information content (AvgIpc) is 2.81. The fourth-order valence-electron chi connectivity index (χ4n) is 3.71. The van der Waals surface area contributed by atoms with Gasteiger partial charge in [-0.15, -0.1) is 0 Å². The van der Waals surface area contributed by atoms with Crippen LogP contribution in [0.3, 0.4) is 0 Å². The van der Waals surface area contributed by atoms with Gasteiger partial charge in [-0.05, 0) is 39.3 Å². The summed E-state index contributed by atoms with van der Waals surface area (Å²) in [6.07, 6.45) is 2.15. The highest BCUT2D eigenvalue weighted by Crippen LogP contribution is 2.22. The van der Waals surface area contributed by atoms with E-state index in [0.717, 1.165) is 51.3 Å². The molecule has 2 saturated heterocycles. The fourth-order valence-corrected chi connectivity index (χ4v) is 3.71.